The van der Waals surface area contributed by atoms with Crippen molar-refractivity contribution in [1.82, 2.24) is 9.66 Å². The van der Waals surface area contributed by atoms with Gasteiger partial charge in [0.1, 0.15) is 17.1 Å². The molecule has 0 aliphatic rings. The van der Waals surface area contributed by atoms with Gasteiger partial charge in [0.2, 0.25) is 5.82 Å². The molecule has 0 fully saturated rings. The van der Waals surface area contributed by atoms with E-state index in [1.165, 1.54) is 25.1 Å². The number of hydrogen-bond donors (Lipinski definition) is 0. The van der Waals surface area contributed by atoms with Crippen molar-refractivity contribution in [2.75, 3.05) is 28.4 Å². The smallest absolute Gasteiger partial charge is 0.282 e. The molecule has 0 unspecified atom stereocenters. The van der Waals surface area contributed by atoms with Crippen LogP contribution in [0.25, 0.3) is 33.5 Å². The Kier molecular flexibility index (Phi) is 6.03. The number of benzene rings is 3. The van der Waals surface area contributed by atoms with Gasteiger partial charge in [0, 0.05) is 11.6 Å². The van der Waals surface area contributed by atoms with Gasteiger partial charge in [-0.15, -0.1) is 0 Å². The van der Waals surface area contributed by atoms with Crippen molar-refractivity contribution in [3.8, 4) is 34.6 Å². The Bertz CT molecular complexity index is 1670. The Balaban J connectivity index is 1.73. The lowest BCUT2D eigenvalue weighted by Crippen LogP contribution is -2.20. The SMILES string of the molecule is COc1cc(OC)c(OC)cc1C=Nn1c(-c2cc3c(OC)cccc3o2)nc2ccccc2c1=O. The molecule has 0 aliphatic carbocycles. The Hall–Kier alpha value is -4.79. The number of furan rings is 1. The fraction of sp³-hybridized carbons (Fsp3) is 0.148. The summed E-state index contributed by atoms with van der Waals surface area (Å²) in [6, 6.07) is 17.8. The van der Waals surface area contributed by atoms with E-state index in [1.54, 1.807) is 50.6 Å². The minimum atomic E-state index is -0.348. The molecule has 9 heteroatoms. The molecule has 2 aromatic heterocycles. The highest BCUT2D eigenvalue weighted by atomic mass is 16.5. The molecule has 0 amide bonds. The Labute approximate surface area is 206 Å². The Morgan fingerprint density at radius 3 is 2.28 bits per heavy atom. The summed E-state index contributed by atoms with van der Waals surface area (Å²) >= 11 is 0. The van der Waals surface area contributed by atoms with E-state index in [2.05, 4.69) is 5.10 Å². The fourth-order valence-corrected chi connectivity index (χ4v) is 3.99. The molecular formula is C27H23N3O6. The molecule has 36 heavy (non-hydrogen) atoms. The third-order valence-corrected chi connectivity index (χ3v) is 5.76. The van der Waals surface area contributed by atoms with E-state index in [0.29, 0.717) is 50.8 Å². The molecule has 0 bridgehead atoms. The molecule has 2 heterocycles. The molecule has 9 nitrogen and oxygen atoms in total. The van der Waals surface area contributed by atoms with Gasteiger partial charge in [0.05, 0.1) is 50.9 Å². The quantitative estimate of drug-likeness (QED) is 0.308. The van der Waals surface area contributed by atoms with Gasteiger partial charge in [0.15, 0.2) is 17.3 Å². The predicted molar refractivity (Wildman–Crippen MR) is 137 cm³/mol. The largest absolute Gasteiger partial charge is 0.496 e. The average molecular weight is 485 g/mol. The predicted octanol–water partition coefficient (Wildman–Crippen LogP) is 4.73. The van der Waals surface area contributed by atoms with Crippen LogP contribution in [0.2, 0.25) is 0 Å². The minimum absolute atomic E-state index is 0.243. The van der Waals surface area contributed by atoms with Crippen LogP contribution in [-0.4, -0.2) is 44.3 Å². The van der Waals surface area contributed by atoms with Gasteiger partial charge in [-0.3, -0.25) is 4.79 Å². The zero-order valence-electron chi connectivity index (χ0n) is 20.1. The molecule has 0 radical (unpaired) electrons. The second kappa shape index (κ2) is 9.46. The third-order valence-electron chi connectivity index (χ3n) is 5.76. The lowest BCUT2D eigenvalue weighted by molar-refractivity contribution is 0.349. The topological polar surface area (TPSA) is 97.3 Å². The van der Waals surface area contributed by atoms with Crippen molar-refractivity contribution >= 4 is 28.1 Å². The highest BCUT2D eigenvalue weighted by Crippen LogP contribution is 2.35. The van der Waals surface area contributed by atoms with Gasteiger partial charge in [-0.2, -0.15) is 9.78 Å². The fourth-order valence-electron chi connectivity index (χ4n) is 3.99. The molecule has 3 aromatic carbocycles. The number of ether oxygens (including phenoxy) is 4. The number of rotatable bonds is 7. The number of nitrogens with zero attached hydrogens (tertiary/aromatic N) is 3. The Morgan fingerprint density at radius 2 is 1.53 bits per heavy atom. The third kappa shape index (κ3) is 3.90. The van der Waals surface area contributed by atoms with Crippen LogP contribution < -0.4 is 24.5 Å². The number of aromatic nitrogens is 2. The first-order valence-corrected chi connectivity index (χ1v) is 11.0. The van der Waals surface area contributed by atoms with Crippen LogP contribution in [0.5, 0.6) is 23.0 Å². The highest BCUT2D eigenvalue weighted by Gasteiger charge is 2.18. The van der Waals surface area contributed by atoms with E-state index < -0.39 is 0 Å². The molecule has 0 atom stereocenters. The summed E-state index contributed by atoms with van der Waals surface area (Å²) in [6.45, 7) is 0. The molecule has 0 N–H and O–H groups in total. The van der Waals surface area contributed by atoms with E-state index >= 15 is 0 Å². The van der Waals surface area contributed by atoms with Crippen LogP contribution in [0.3, 0.4) is 0 Å². The van der Waals surface area contributed by atoms with Crippen molar-refractivity contribution in [2.45, 2.75) is 0 Å². The maximum absolute atomic E-state index is 13.5. The zero-order chi connectivity index (χ0) is 25.2. The molecule has 0 aliphatic heterocycles. The van der Waals surface area contributed by atoms with Gasteiger partial charge >= 0.3 is 0 Å². The van der Waals surface area contributed by atoms with Gasteiger partial charge in [-0.05, 0) is 36.4 Å². The molecule has 5 rings (SSSR count). The van der Waals surface area contributed by atoms with Gasteiger partial charge in [-0.1, -0.05) is 18.2 Å². The van der Waals surface area contributed by atoms with Gasteiger partial charge in [-0.25, -0.2) is 4.98 Å². The lowest BCUT2D eigenvalue weighted by Gasteiger charge is -2.12. The van der Waals surface area contributed by atoms with Crippen LogP contribution in [-0.2, 0) is 0 Å². The van der Waals surface area contributed by atoms with Crippen LogP contribution in [0.15, 0.2) is 75.0 Å². The maximum Gasteiger partial charge on any atom is 0.282 e. The van der Waals surface area contributed by atoms with E-state index in [9.17, 15) is 4.79 Å². The lowest BCUT2D eigenvalue weighted by atomic mass is 10.2. The summed E-state index contributed by atoms with van der Waals surface area (Å²) in [4.78, 5) is 18.2. The van der Waals surface area contributed by atoms with Crippen molar-refractivity contribution in [3.05, 3.63) is 76.6 Å². The van der Waals surface area contributed by atoms with Crippen LogP contribution in [0.1, 0.15) is 5.56 Å². The maximum atomic E-state index is 13.5. The monoisotopic (exact) mass is 485 g/mol. The first-order chi connectivity index (χ1) is 17.6. The number of para-hydroxylation sites is 1. The number of methoxy groups -OCH3 is 4. The van der Waals surface area contributed by atoms with E-state index in [1.807, 2.05) is 24.3 Å². The van der Waals surface area contributed by atoms with Crippen LogP contribution in [0, 0.1) is 0 Å². The Morgan fingerprint density at radius 1 is 0.806 bits per heavy atom. The average Bonchev–Trinajstić information content (AvgIpc) is 3.36. The highest BCUT2D eigenvalue weighted by molar-refractivity contribution is 5.89. The summed E-state index contributed by atoms with van der Waals surface area (Å²) in [6.07, 6.45) is 1.51. The first kappa shape index (κ1) is 23.0. The second-order valence-electron chi connectivity index (χ2n) is 7.75. The summed E-state index contributed by atoms with van der Waals surface area (Å²) in [5.74, 6) is 2.76. The summed E-state index contributed by atoms with van der Waals surface area (Å²) < 4.78 is 29.0. The molecule has 182 valence electrons. The van der Waals surface area contributed by atoms with Gasteiger partial charge in [0.25, 0.3) is 5.56 Å². The van der Waals surface area contributed by atoms with E-state index in [-0.39, 0.29) is 11.4 Å². The van der Waals surface area contributed by atoms with E-state index in [4.69, 9.17) is 28.3 Å². The zero-order valence-corrected chi connectivity index (χ0v) is 20.1. The second-order valence-corrected chi connectivity index (χ2v) is 7.75. The van der Waals surface area contributed by atoms with Crippen molar-refractivity contribution < 1.29 is 23.4 Å². The van der Waals surface area contributed by atoms with Gasteiger partial charge < -0.3 is 23.4 Å². The van der Waals surface area contributed by atoms with Crippen LogP contribution >= 0.6 is 0 Å². The van der Waals surface area contributed by atoms with Crippen LogP contribution in [0.4, 0.5) is 0 Å². The molecular weight excluding hydrogens is 462 g/mol. The molecule has 0 saturated heterocycles. The van der Waals surface area contributed by atoms with E-state index in [0.717, 1.165) is 5.39 Å². The number of fused-ring (bicyclic) bond motifs is 2. The van der Waals surface area contributed by atoms with Crippen molar-refractivity contribution in [2.24, 2.45) is 5.10 Å². The number of hydrogen-bond acceptors (Lipinski definition) is 8. The summed E-state index contributed by atoms with van der Waals surface area (Å²) in [5, 5.41) is 5.69. The molecule has 0 spiro atoms. The molecule has 0 saturated carbocycles. The molecule has 5 aromatic rings. The first-order valence-electron chi connectivity index (χ1n) is 11.0. The van der Waals surface area contributed by atoms with Crippen molar-refractivity contribution in [3.63, 3.8) is 0 Å². The van der Waals surface area contributed by atoms with Crippen molar-refractivity contribution in [1.29, 1.82) is 0 Å². The normalized spacial score (nSPS) is 11.3. The summed E-state index contributed by atoms with van der Waals surface area (Å²) in [5.41, 5.74) is 1.36. The standard InChI is InChI=1S/C27H23N3O6/c1-32-20-10-7-11-21-18(20)13-25(36-21)26-29-19-9-6-5-8-17(19)27(31)30(26)28-15-16-12-23(34-3)24(35-4)14-22(16)33-2/h5-15H,1-4H3. The minimum Gasteiger partial charge on any atom is -0.496 e. The summed E-state index contributed by atoms with van der Waals surface area (Å²) in [7, 11) is 6.21.